The largest absolute Gasteiger partial charge is 0.465 e. The van der Waals surface area contributed by atoms with Crippen LogP contribution in [-0.4, -0.2) is 31.1 Å². The maximum atomic E-state index is 11.7. The Bertz CT molecular complexity index is 475. The van der Waals surface area contributed by atoms with Crippen molar-refractivity contribution >= 4 is 11.9 Å². The number of esters is 1. The quantitative estimate of drug-likeness (QED) is 0.785. The molecule has 1 aromatic rings. The highest BCUT2D eigenvalue weighted by Gasteiger charge is 2.09. The molecule has 0 atom stereocenters. The number of rotatable bonds is 6. The van der Waals surface area contributed by atoms with Crippen LogP contribution in [-0.2, 0) is 16.1 Å². The molecule has 1 rings (SSSR count). The Labute approximate surface area is 126 Å². The predicted octanol–water partition coefficient (Wildman–Crippen LogP) is 1.87. The van der Waals surface area contributed by atoms with Crippen molar-refractivity contribution in [2.24, 2.45) is 0 Å². The summed E-state index contributed by atoms with van der Waals surface area (Å²) in [5.41, 5.74) is 1.46. The third-order valence-electron chi connectivity index (χ3n) is 2.87. The number of carbonyl (C=O) groups excluding carboxylic acids is 2. The van der Waals surface area contributed by atoms with Gasteiger partial charge in [0.2, 0.25) is 5.91 Å². The Kier molecular flexibility index (Phi) is 6.37. The van der Waals surface area contributed by atoms with Crippen LogP contribution in [0.5, 0.6) is 0 Å². The van der Waals surface area contributed by atoms with E-state index in [0.717, 1.165) is 5.56 Å². The zero-order valence-corrected chi connectivity index (χ0v) is 13.2. The van der Waals surface area contributed by atoms with Gasteiger partial charge in [-0.05, 0) is 38.5 Å². The van der Waals surface area contributed by atoms with E-state index in [9.17, 15) is 9.59 Å². The van der Waals surface area contributed by atoms with Crippen molar-refractivity contribution in [1.29, 1.82) is 0 Å². The minimum Gasteiger partial charge on any atom is -0.465 e. The molecule has 0 saturated carbocycles. The van der Waals surface area contributed by atoms with E-state index in [1.54, 1.807) is 24.3 Å². The molecule has 0 aliphatic carbocycles. The SMILES string of the molecule is COC(=O)c1ccc(CNC(=O)CCNC(C)(C)C)cc1. The fourth-order valence-corrected chi connectivity index (χ4v) is 1.72. The van der Waals surface area contributed by atoms with Gasteiger partial charge in [-0.25, -0.2) is 4.79 Å². The van der Waals surface area contributed by atoms with Crippen LogP contribution in [0.25, 0.3) is 0 Å². The summed E-state index contributed by atoms with van der Waals surface area (Å²) in [6, 6.07) is 6.99. The van der Waals surface area contributed by atoms with E-state index in [2.05, 4.69) is 36.1 Å². The minimum absolute atomic E-state index is 0.00351. The van der Waals surface area contributed by atoms with Crippen molar-refractivity contribution in [2.45, 2.75) is 39.3 Å². The van der Waals surface area contributed by atoms with Gasteiger partial charge in [0.25, 0.3) is 0 Å². The van der Waals surface area contributed by atoms with E-state index in [1.165, 1.54) is 7.11 Å². The van der Waals surface area contributed by atoms with Crippen molar-refractivity contribution in [3.8, 4) is 0 Å². The van der Waals surface area contributed by atoms with Gasteiger partial charge in [0.05, 0.1) is 12.7 Å². The summed E-state index contributed by atoms with van der Waals surface area (Å²) in [7, 11) is 1.35. The first-order valence-corrected chi connectivity index (χ1v) is 7.01. The van der Waals surface area contributed by atoms with Crippen molar-refractivity contribution < 1.29 is 14.3 Å². The van der Waals surface area contributed by atoms with Crippen LogP contribution in [0.1, 0.15) is 43.1 Å². The number of carbonyl (C=O) groups is 2. The molecule has 0 aliphatic heterocycles. The minimum atomic E-state index is -0.362. The Morgan fingerprint density at radius 2 is 1.76 bits per heavy atom. The van der Waals surface area contributed by atoms with Crippen molar-refractivity contribution in [2.75, 3.05) is 13.7 Å². The van der Waals surface area contributed by atoms with Gasteiger partial charge in [-0.1, -0.05) is 12.1 Å². The lowest BCUT2D eigenvalue weighted by atomic mass is 10.1. The standard InChI is InChI=1S/C16H24N2O3/c1-16(2,3)18-10-9-14(19)17-11-12-5-7-13(8-6-12)15(20)21-4/h5-8,18H,9-11H2,1-4H3,(H,17,19). The number of nitrogens with one attached hydrogen (secondary N) is 2. The molecule has 0 fully saturated rings. The Hall–Kier alpha value is -1.88. The average Bonchev–Trinajstić information content (AvgIpc) is 2.43. The topological polar surface area (TPSA) is 67.4 Å². The highest BCUT2D eigenvalue weighted by Crippen LogP contribution is 2.05. The molecule has 5 heteroatoms. The second-order valence-corrected chi connectivity index (χ2v) is 5.89. The zero-order chi connectivity index (χ0) is 15.9. The normalized spacial score (nSPS) is 11.0. The van der Waals surface area contributed by atoms with E-state index >= 15 is 0 Å². The van der Waals surface area contributed by atoms with E-state index in [4.69, 9.17) is 0 Å². The number of ether oxygens (including phenoxy) is 1. The highest BCUT2D eigenvalue weighted by atomic mass is 16.5. The molecule has 5 nitrogen and oxygen atoms in total. The molecule has 1 aromatic carbocycles. The van der Waals surface area contributed by atoms with Gasteiger partial charge in [0.15, 0.2) is 0 Å². The maximum Gasteiger partial charge on any atom is 0.337 e. The van der Waals surface area contributed by atoms with Crippen LogP contribution in [0, 0.1) is 0 Å². The number of amides is 1. The molecule has 1 amide bonds. The molecule has 0 heterocycles. The first kappa shape index (κ1) is 17.2. The highest BCUT2D eigenvalue weighted by molar-refractivity contribution is 5.89. The van der Waals surface area contributed by atoms with Crippen molar-refractivity contribution in [3.63, 3.8) is 0 Å². The van der Waals surface area contributed by atoms with Crippen LogP contribution < -0.4 is 10.6 Å². The summed E-state index contributed by atoms with van der Waals surface area (Å²) in [6.07, 6.45) is 0.442. The number of benzene rings is 1. The molecular formula is C16H24N2O3. The summed E-state index contributed by atoms with van der Waals surface area (Å²) in [4.78, 5) is 23.0. The van der Waals surface area contributed by atoms with Gasteiger partial charge in [-0.15, -0.1) is 0 Å². The first-order chi connectivity index (χ1) is 9.81. The third kappa shape index (κ3) is 6.90. The lowest BCUT2D eigenvalue weighted by Crippen LogP contribution is -2.38. The average molecular weight is 292 g/mol. The van der Waals surface area contributed by atoms with Crippen molar-refractivity contribution in [1.82, 2.24) is 10.6 Å². The molecule has 0 aromatic heterocycles. The smallest absolute Gasteiger partial charge is 0.337 e. The molecule has 0 saturated heterocycles. The zero-order valence-electron chi connectivity index (χ0n) is 13.2. The number of hydrogen-bond donors (Lipinski definition) is 2. The Morgan fingerprint density at radius 1 is 1.14 bits per heavy atom. The molecule has 0 aliphatic rings. The molecule has 0 bridgehead atoms. The molecule has 116 valence electrons. The fourth-order valence-electron chi connectivity index (χ4n) is 1.72. The Morgan fingerprint density at radius 3 is 2.29 bits per heavy atom. The van der Waals surface area contributed by atoms with Gasteiger partial charge >= 0.3 is 5.97 Å². The van der Waals surface area contributed by atoms with E-state index in [1.807, 2.05) is 0 Å². The summed E-state index contributed by atoms with van der Waals surface area (Å²) in [6.45, 7) is 7.29. The van der Waals surface area contributed by atoms with Gasteiger partial charge in [-0.3, -0.25) is 4.79 Å². The van der Waals surface area contributed by atoms with E-state index < -0.39 is 0 Å². The van der Waals surface area contributed by atoms with Crippen LogP contribution in [0.3, 0.4) is 0 Å². The summed E-state index contributed by atoms with van der Waals surface area (Å²) in [5, 5.41) is 6.12. The number of methoxy groups -OCH3 is 1. The second-order valence-electron chi connectivity index (χ2n) is 5.89. The maximum absolute atomic E-state index is 11.7. The summed E-state index contributed by atoms with van der Waals surface area (Å²) >= 11 is 0. The van der Waals surface area contributed by atoms with Crippen LogP contribution in [0.4, 0.5) is 0 Å². The molecule has 0 spiro atoms. The molecule has 21 heavy (non-hydrogen) atoms. The monoisotopic (exact) mass is 292 g/mol. The fraction of sp³-hybridized carbons (Fsp3) is 0.500. The molecule has 0 radical (unpaired) electrons. The van der Waals surface area contributed by atoms with E-state index in [0.29, 0.717) is 25.1 Å². The molecule has 2 N–H and O–H groups in total. The van der Waals surface area contributed by atoms with Gasteiger partial charge in [0.1, 0.15) is 0 Å². The first-order valence-electron chi connectivity index (χ1n) is 7.01. The lowest BCUT2D eigenvalue weighted by Gasteiger charge is -2.20. The van der Waals surface area contributed by atoms with E-state index in [-0.39, 0.29) is 17.4 Å². The van der Waals surface area contributed by atoms with Gasteiger partial charge in [-0.2, -0.15) is 0 Å². The lowest BCUT2D eigenvalue weighted by molar-refractivity contribution is -0.121. The van der Waals surface area contributed by atoms with Crippen LogP contribution in [0.2, 0.25) is 0 Å². The Balaban J connectivity index is 2.34. The molecular weight excluding hydrogens is 268 g/mol. The van der Waals surface area contributed by atoms with Crippen molar-refractivity contribution in [3.05, 3.63) is 35.4 Å². The number of hydrogen-bond acceptors (Lipinski definition) is 4. The second kappa shape index (κ2) is 7.78. The summed E-state index contributed by atoms with van der Waals surface area (Å²) < 4.78 is 4.63. The van der Waals surface area contributed by atoms with Gasteiger partial charge in [0, 0.05) is 25.0 Å². The van der Waals surface area contributed by atoms with Crippen LogP contribution >= 0.6 is 0 Å². The molecule has 0 unspecified atom stereocenters. The third-order valence-corrected chi connectivity index (χ3v) is 2.87. The van der Waals surface area contributed by atoms with Gasteiger partial charge < -0.3 is 15.4 Å². The predicted molar refractivity (Wildman–Crippen MR) is 82.0 cm³/mol. The summed E-state index contributed by atoms with van der Waals surface area (Å²) in [5.74, 6) is -0.359. The van der Waals surface area contributed by atoms with Crippen LogP contribution in [0.15, 0.2) is 24.3 Å².